The number of carboxylic acid groups (broad SMARTS) is 1. The number of nitrogens with one attached hydrogen (secondary N) is 1. The SMILES string of the molecule is CO/N=C(\C(=O)N[C@@H]1C(=O)N2C(C(=O)O)=C(S/C=C\c3cnc(C)s3)CS[C@H]12)c1csc(N)n1. The highest BCUT2D eigenvalue weighted by molar-refractivity contribution is 8.08. The van der Waals surface area contributed by atoms with Crippen LogP contribution in [0.25, 0.3) is 6.08 Å². The lowest BCUT2D eigenvalue weighted by Gasteiger charge is -2.49. The van der Waals surface area contributed by atoms with Crippen LogP contribution in [0.2, 0.25) is 0 Å². The second-order valence-electron chi connectivity index (χ2n) is 6.83. The van der Waals surface area contributed by atoms with E-state index in [1.54, 1.807) is 17.0 Å². The van der Waals surface area contributed by atoms with Gasteiger partial charge in [0.25, 0.3) is 11.8 Å². The average Bonchev–Trinajstić information content (AvgIpc) is 3.42. The lowest BCUT2D eigenvalue weighted by Crippen LogP contribution is -2.71. The van der Waals surface area contributed by atoms with Gasteiger partial charge >= 0.3 is 5.97 Å². The normalized spacial score (nSPS) is 20.4. The lowest BCUT2D eigenvalue weighted by atomic mass is 10.0. The maximum absolute atomic E-state index is 12.9. The summed E-state index contributed by atoms with van der Waals surface area (Å²) >= 11 is 5.27. The summed E-state index contributed by atoms with van der Waals surface area (Å²) in [5, 5.41) is 20.1. The van der Waals surface area contributed by atoms with Gasteiger partial charge in [0.15, 0.2) is 10.8 Å². The molecule has 2 atom stereocenters. The zero-order valence-corrected chi connectivity index (χ0v) is 21.0. The summed E-state index contributed by atoms with van der Waals surface area (Å²) in [4.78, 5) is 53.3. The summed E-state index contributed by atoms with van der Waals surface area (Å²) in [7, 11) is 1.28. The van der Waals surface area contributed by atoms with E-state index < -0.39 is 29.2 Å². The fraction of sp³-hybridized carbons (Fsp3) is 0.263. The molecule has 0 unspecified atom stereocenters. The monoisotopic (exact) mass is 538 g/mol. The number of rotatable bonds is 8. The van der Waals surface area contributed by atoms with E-state index >= 15 is 0 Å². The third kappa shape index (κ3) is 4.82. The Balaban J connectivity index is 1.48. The molecule has 0 aliphatic carbocycles. The highest BCUT2D eigenvalue weighted by Crippen LogP contribution is 2.43. The van der Waals surface area contributed by atoms with Crippen molar-refractivity contribution in [1.29, 1.82) is 0 Å². The number of β-lactam (4-membered cyclic amide) rings is 1. The molecule has 178 valence electrons. The molecule has 1 saturated heterocycles. The molecule has 0 bridgehead atoms. The van der Waals surface area contributed by atoms with Crippen molar-refractivity contribution in [3.8, 4) is 0 Å². The number of amides is 2. The highest BCUT2D eigenvalue weighted by atomic mass is 32.2. The molecule has 2 aliphatic rings. The Morgan fingerprint density at radius 3 is 2.88 bits per heavy atom. The second kappa shape index (κ2) is 10.2. The molecular formula is C19H18N6O5S4. The van der Waals surface area contributed by atoms with Crippen LogP contribution >= 0.6 is 46.2 Å². The van der Waals surface area contributed by atoms with E-state index in [4.69, 9.17) is 10.6 Å². The number of hydrogen-bond donors (Lipinski definition) is 3. The third-order valence-electron chi connectivity index (χ3n) is 4.67. The van der Waals surface area contributed by atoms with Crippen LogP contribution in [0.3, 0.4) is 0 Å². The number of nitrogens with zero attached hydrogens (tertiary/aromatic N) is 4. The number of anilines is 1. The summed E-state index contributed by atoms with van der Waals surface area (Å²) in [6, 6.07) is -0.910. The van der Waals surface area contributed by atoms with E-state index in [-0.39, 0.29) is 22.2 Å². The number of carbonyl (C=O) groups excluding carboxylic acids is 2. The number of nitrogen functional groups attached to an aromatic ring is 1. The molecule has 34 heavy (non-hydrogen) atoms. The Morgan fingerprint density at radius 1 is 1.47 bits per heavy atom. The average molecular weight is 539 g/mol. The molecule has 0 radical (unpaired) electrons. The van der Waals surface area contributed by atoms with Crippen LogP contribution in [0.4, 0.5) is 5.13 Å². The Hall–Kier alpha value is -2.88. The molecule has 1 fully saturated rings. The molecule has 2 aromatic rings. The first-order valence-corrected chi connectivity index (χ1v) is 13.2. The van der Waals surface area contributed by atoms with Crippen molar-refractivity contribution in [3.63, 3.8) is 0 Å². The Labute approximate surface area is 210 Å². The summed E-state index contributed by atoms with van der Waals surface area (Å²) in [6.45, 7) is 1.90. The van der Waals surface area contributed by atoms with E-state index in [2.05, 4.69) is 20.4 Å². The summed E-state index contributed by atoms with van der Waals surface area (Å²) in [5.74, 6) is -2.01. The van der Waals surface area contributed by atoms with Gasteiger partial charge in [-0.05, 0) is 18.4 Å². The Kier molecular flexibility index (Phi) is 7.25. The number of hydrogen-bond acceptors (Lipinski definition) is 12. The van der Waals surface area contributed by atoms with Gasteiger partial charge in [-0.15, -0.1) is 34.4 Å². The molecule has 11 nitrogen and oxygen atoms in total. The topological polar surface area (TPSA) is 160 Å². The van der Waals surface area contributed by atoms with Crippen LogP contribution < -0.4 is 11.1 Å². The zero-order valence-electron chi connectivity index (χ0n) is 17.8. The summed E-state index contributed by atoms with van der Waals surface area (Å²) in [6.07, 6.45) is 3.59. The summed E-state index contributed by atoms with van der Waals surface area (Å²) < 4.78 is 0. The van der Waals surface area contributed by atoms with Gasteiger partial charge in [-0.1, -0.05) is 16.9 Å². The number of aryl methyl sites for hydroxylation is 1. The first kappa shape index (κ1) is 24.3. The van der Waals surface area contributed by atoms with Crippen LogP contribution in [0.15, 0.2) is 32.7 Å². The van der Waals surface area contributed by atoms with Crippen molar-refractivity contribution in [2.75, 3.05) is 18.6 Å². The van der Waals surface area contributed by atoms with Crippen LogP contribution in [-0.4, -0.2) is 67.7 Å². The van der Waals surface area contributed by atoms with Crippen molar-refractivity contribution in [2.24, 2.45) is 5.16 Å². The standard InChI is InChI=1S/C19H18N6O5S4/c1-8-21-5-9(34-8)3-4-31-11-7-32-17-13(16(27)25(17)14(11)18(28)29)23-15(26)12(24-30-2)10-6-33-19(20)22-10/h3-6,13,17H,7H2,1-2H3,(H2,20,22)(H,23,26)(H,28,29)/b4-3-,24-12-/t13-,17-/m1/s1. The number of aliphatic carboxylic acids is 1. The molecule has 0 saturated carbocycles. The van der Waals surface area contributed by atoms with E-state index in [1.165, 1.54) is 46.9 Å². The van der Waals surface area contributed by atoms with Crippen molar-refractivity contribution >= 4 is 80.9 Å². The predicted octanol–water partition coefficient (Wildman–Crippen LogP) is 1.94. The maximum Gasteiger partial charge on any atom is 0.353 e. The molecule has 0 aromatic carbocycles. The minimum atomic E-state index is -1.20. The molecule has 4 heterocycles. The van der Waals surface area contributed by atoms with Crippen LogP contribution in [-0.2, 0) is 19.2 Å². The van der Waals surface area contributed by atoms with E-state index in [0.29, 0.717) is 10.7 Å². The molecule has 4 N–H and O–H groups in total. The number of carboxylic acids is 1. The van der Waals surface area contributed by atoms with Gasteiger partial charge in [0.05, 0.1) is 5.01 Å². The minimum absolute atomic E-state index is 0.0764. The highest BCUT2D eigenvalue weighted by Gasteiger charge is 2.54. The number of fused-ring (bicyclic) bond motifs is 1. The Bertz CT molecular complexity index is 1240. The second-order valence-corrected chi connectivity index (χ2v) is 11.1. The van der Waals surface area contributed by atoms with Gasteiger partial charge in [-0.2, -0.15) is 0 Å². The van der Waals surface area contributed by atoms with E-state index in [0.717, 1.165) is 21.2 Å². The number of aromatic nitrogens is 2. The van der Waals surface area contributed by atoms with Crippen molar-refractivity contribution < 1.29 is 24.3 Å². The van der Waals surface area contributed by atoms with Crippen molar-refractivity contribution in [2.45, 2.75) is 18.3 Å². The fourth-order valence-corrected chi connectivity index (χ4v) is 6.89. The quantitative estimate of drug-likeness (QED) is 0.257. The van der Waals surface area contributed by atoms with Crippen LogP contribution in [0.1, 0.15) is 15.6 Å². The molecule has 2 aliphatic heterocycles. The zero-order chi connectivity index (χ0) is 24.4. The molecule has 4 rings (SSSR count). The predicted molar refractivity (Wildman–Crippen MR) is 133 cm³/mol. The van der Waals surface area contributed by atoms with E-state index in [9.17, 15) is 19.5 Å². The number of thioether (sulfide) groups is 2. The van der Waals surface area contributed by atoms with Gasteiger partial charge in [0.2, 0.25) is 0 Å². The number of carbonyl (C=O) groups is 3. The van der Waals surface area contributed by atoms with Gasteiger partial charge in [-0.3, -0.25) is 14.5 Å². The fourth-order valence-electron chi connectivity index (χ4n) is 3.22. The van der Waals surface area contributed by atoms with Crippen molar-refractivity contribution in [1.82, 2.24) is 20.2 Å². The number of nitrogens with two attached hydrogens (primary N) is 1. The number of thiazole rings is 2. The molecular weight excluding hydrogens is 521 g/mol. The van der Waals surface area contributed by atoms with Gasteiger partial charge in [0.1, 0.15) is 29.9 Å². The smallest absolute Gasteiger partial charge is 0.353 e. The number of oxime groups is 1. The first-order valence-electron chi connectivity index (χ1n) is 9.60. The molecule has 2 aromatic heterocycles. The van der Waals surface area contributed by atoms with Gasteiger partial charge in [-0.25, -0.2) is 14.8 Å². The lowest BCUT2D eigenvalue weighted by molar-refractivity contribution is -0.150. The van der Waals surface area contributed by atoms with Crippen LogP contribution in [0, 0.1) is 6.92 Å². The molecule has 15 heteroatoms. The summed E-state index contributed by atoms with van der Waals surface area (Å²) in [5.41, 5.74) is 5.64. The van der Waals surface area contributed by atoms with Gasteiger partial charge < -0.3 is 21.0 Å². The van der Waals surface area contributed by atoms with E-state index in [1.807, 2.05) is 13.0 Å². The Morgan fingerprint density at radius 2 is 2.26 bits per heavy atom. The maximum atomic E-state index is 12.9. The van der Waals surface area contributed by atoms with Crippen molar-refractivity contribution in [3.05, 3.63) is 43.2 Å². The largest absolute Gasteiger partial charge is 0.477 e. The first-order chi connectivity index (χ1) is 16.3. The van der Waals surface area contributed by atoms with Gasteiger partial charge in [0, 0.05) is 27.1 Å². The molecule has 0 spiro atoms. The third-order valence-corrected chi connectivity index (χ3v) is 8.58. The molecule has 2 amide bonds. The van der Waals surface area contributed by atoms with Crippen LogP contribution in [0.5, 0.6) is 0 Å². The minimum Gasteiger partial charge on any atom is -0.477 e.